The molecule has 2 saturated heterocycles. The standard InChI is InChI=1S/C20H25N3O3S/c1-14-6-9-22(10-7-14)19(24)15-4-2-8-23(13-15)20(25)16-12-17(26-21-16)18-5-3-11-27-18/h3,5,11-12,14-15H,2,4,6-10,13H2,1H3/t15-/m1/s1. The molecule has 2 aliphatic rings. The molecular formula is C20H25N3O3S. The number of hydrogen-bond donors (Lipinski definition) is 0. The summed E-state index contributed by atoms with van der Waals surface area (Å²) in [6.45, 7) is 5.08. The van der Waals surface area contributed by atoms with Crippen molar-refractivity contribution in [2.24, 2.45) is 11.8 Å². The summed E-state index contributed by atoms with van der Waals surface area (Å²) < 4.78 is 5.34. The molecule has 0 N–H and O–H groups in total. The van der Waals surface area contributed by atoms with E-state index in [0.29, 0.717) is 30.5 Å². The van der Waals surface area contributed by atoms with Crippen LogP contribution < -0.4 is 0 Å². The highest BCUT2D eigenvalue weighted by Crippen LogP contribution is 2.27. The Morgan fingerprint density at radius 3 is 2.74 bits per heavy atom. The summed E-state index contributed by atoms with van der Waals surface area (Å²) in [4.78, 5) is 30.4. The number of carbonyl (C=O) groups excluding carboxylic acids is 2. The van der Waals surface area contributed by atoms with Crippen LogP contribution in [0.15, 0.2) is 28.1 Å². The van der Waals surface area contributed by atoms with Gasteiger partial charge in [0.15, 0.2) is 11.5 Å². The molecule has 2 fully saturated rings. The van der Waals surface area contributed by atoms with E-state index in [4.69, 9.17) is 4.52 Å². The van der Waals surface area contributed by atoms with Gasteiger partial charge in [0.1, 0.15) is 0 Å². The van der Waals surface area contributed by atoms with Gasteiger partial charge in [0.2, 0.25) is 5.91 Å². The minimum absolute atomic E-state index is 0.0974. The summed E-state index contributed by atoms with van der Waals surface area (Å²) in [5.74, 6) is 1.27. The molecule has 2 aromatic rings. The number of piperidine rings is 2. The van der Waals surface area contributed by atoms with Crippen molar-refractivity contribution in [1.82, 2.24) is 15.0 Å². The van der Waals surface area contributed by atoms with Crippen LogP contribution in [0.3, 0.4) is 0 Å². The second kappa shape index (κ2) is 7.84. The van der Waals surface area contributed by atoms with Crippen LogP contribution in [0.4, 0.5) is 0 Å². The zero-order chi connectivity index (χ0) is 18.8. The first-order chi connectivity index (χ1) is 13.1. The van der Waals surface area contributed by atoms with Gasteiger partial charge in [-0.05, 0) is 43.0 Å². The lowest BCUT2D eigenvalue weighted by Crippen LogP contribution is -2.48. The van der Waals surface area contributed by atoms with Crippen LogP contribution in [0.2, 0.25) is 0 Å². The molecule has 144 valence electrons. The molecule has 7 heteroatoms. The van der Waals surface area contributed by atoms with E-state index in [1.54, 1.807) is 22.3 Å². The number of aromatic nitrogens is 1. The maximum Gasteiger partial charge on any atom is 0.276 e. The monoisotopic (exact) mass is 387 g/mol. The van der Waals surface area contributed by atoms with E-state index in [0.717, 1.165) is 43.6 Å². The zero-order valence-corrected chi connectivity index (χ0v) is 16.4. The Morgan fingerprint density at radius 2 is 2.00 bits per heavy atom. The SMILES string of the molecule is CC1CCN(C(=O)[C@@H]2CCCN(C(=O)c3cc(-c4cccs4)on3)C2)CC1. The Morgan fingerprint density at radius 1 is 1.19 bits per heavy atom. The first-order valence-electron chi connectivity index (χ1n) is 9.70. The van der Waals surface area contributed by atoms with Crippen LogP contribution >= 0.6 is 11.3 Å². The van der Waals surface area contributed by atoms with E-state index in [9.17, 15) is 9.59 Å². The molecule has 0 aromatic carbocycles. The van der Waals surface area contributed by atoms with Crippen LogP contribution in [0, 0.1) is 11.8 Å². The topological polar surface area (TPSA) is 66.7 Å². The number of amides is 2. The highest BCUT2D eigenvalue weighted by atomic mass is 32.1. The maximum atomic E-state index is 12.9. The van der Waals surface area contributed by atoms with Gasteiger partial charge >= 0.3 is 0 Å². The summed E-state index contributed by atoms with van der Waals surface area (Å²) in [5.41, 5.74) is 0.318. The summed E-state index contributed by atoms with van der Waals surface area (Å²) in [6.07, 6.45) is 3.85. The largest absolute Gasteiger partial charge is 0.355 e. The van der Waals surface area contributed by atoms with Gasteiger partial charge in [-0.25, -0.2) is 0 Å². The van der Waals surface area contributed by atoms with Crippen LogP contribution in [0.5, 0.6) is 0 Å². The van der Waals surface area contributed by atoms with Gasteiger partial charge in [0.05, 0.1) is 10.8 Å². The van der Waals surface area contributed by atoms with Crippen molar-refractivity contribution < 1.29 is 14.1 Å². The molecule has 0 bridgehead atoms. The van der Waals surface area contributed by atoms with Crippen molar-refractivity contribution in [3.63, 3.8) is 0 Å². The molecule has 6 nitrogen and oxygen atoms in total. The van der Waals surface area contributed by atoms with Crippen molar-refractivity contribution in [1.29, 1.82) is 0 Å². The third-order valence-electron chi connectivity index (χ3n) is 5.65. The van der Waals surface area contributed by atoms with E-state index < -0.39 is 0 Å². The molecule has 0 radical (unpaired) electrons. The molecule has 0 spiro atoms. The quantitative estimate of drug-likeness (QED) is 0.808. The van der Waals surface area contributed by atoms with Crippen molar-refractivity contribution >= 4 is 23.2 Å². The van der Waals surface area contributed by atoms with Gasteiger partial charge in [-0.15, -0.1) is 11.3 Å². The number of carbonyl (C=O) groups is 2. The van der Waals surface area contributed by atoms with E-state index >= 15 is 0 Å². The third kappa shape index (κ3) is 3.93. The minimum atomic E-state index is -0.147. The van der Waals surface area contributed by atoms with Gasteiger partial charge < -0.3 is 14.3 Å². The number of hydrogen-bond acceptors (Lipinski definition) is 5. The smallest absolute Gasteiger partial charge is 0.276 e. The van der Waals surface area contributed by atoms with Gasteiger partial charge in [0, 0.05) is 32.2 Å². The minimum Gasteiger partial charge on any atom is -0.355 e. The highest BCUT2D eigenvalue weighted by molar-refractivity contribution is 7.13. The normalized spacial score (nSPS) is 21.4. The molecule has 0 aliphatic carbocycles. The van der Waals surface area contributed by atoms with Crippen LogP contribution in [-0.4, -0.2) is 52.9 Å². The summed E-state index contributed by atoms with van der Waals surface area (Å²) in [6, 6.07) is 5.58. The maximum absolute atomic E-state index is 12.9. The molecule has 4 heterocycles. The Kier molecular flexibility index (Phi) is 5.29. The van der Waals surface area contributed by atoms with Crippen molar-refractivity contribution in [2.75, 3.05) is 26.2 Å². The molecule has 2 amide bonds. The lowest BCUT2D eigenvalue weighted by atomic mass is 9.93. The highest BCUT2D eigenvalue weighted by Gasteiger charge is 2.33. The lowest BCUT2D eigenvalue weighted by Gasteiger charge is -2.37. The molecule has 27 heavy (non-hydrogen) atoms. The van der Waals surface area contributed by atoms with Crippen molar-refractivity contribution in [3.05, 3.63) is 29.3 Å². The molecule has 4 rings (SSSR count). The molecule has 1 atom stereocenters. The first-order valence-corrected chi connectivity index (χ1v) is 10.6. The fourth-order valence-electron chi connectivity index (χ4n) is 3.92. The number of rotatable bonds is 3. The van der Waals surface area contributed by atoms with E-state index in [-0.39, 0.29) is 17.7 Å². The molecule has 2 aliphatic heterocycles. The van der Waals surface area contributed by atoms with Gasteiger partial charge in [-0.3, -0.25) is 9.59 Å². The molecule has 0 unspecified atom stereocenters. The summed E-state index contributed by atoms with van der Waals surface area (Å²) >= 11 is 1.55. The van der Waals surface area contributed by atoms with E-state index in [2.05, 4.69) is 12.1 Å². The number of thiophene rings is 1. The Hall–Kier alpha value is -2.15. The second-order valence-corrected chi connectivity index (χ2v) is 8.60. The zero-order valence-electron chi connectivity index (χ0n) is 15.6. The average Bonchev–Trinajstić information content (AvgIpc) is 3.39. The van der Waals surface area contributed by atoms with E-state index in [1.807, 2.05) is 22.4 Å². The van der Waals surface area contributed by atoms with E-state index in [1.165, 1.54) is 0 Å². The Bertz CT molecular complexity index is 793. The number of likely N-dealkylation sites (tertiary alicyclic amines) is 2. The van der Waals surface area contributed by atoms with Crippen molar-refractivity contribution in [2.45, 2.75) is 32.6 Å². The van der Waals surface area contributed by atoms with Crippen LogP contribution in [-0.2, 0) is 4.79 Å². The van der Waals surface area contributed by atoms with Crippen LogP contribution in [0.1, 0.15) is 43.1 Å². The third-order valence-corrected chi connectivity index (χ3v) is 6.53. The fraction of sp³-hybridized carbons (Fsp3) is 0.550. The van der Waals surface area contributed by atoms with Crippen LogP contribution in [0.25, 0.3) is 10.6 Å². The van der Waals surface area contributed by atoms with Gasteiger partial charge in [0.25, 0.3) is 5.91 Å². The predicted octanol–water partition coefficient (Wildman–Crippen LogP) is 3.51. The molecule has 0 saturated carbocycles. The Labute approximate surface area is 163 Å². The first kappa shape index (κ1) is 18.2. The fourth-order valence-corrected chi connectivity index (χ4v) is 4.60. The molecular weight excluding hydrogens is 362 g/mol. The lowest BCUT2D eigenvalue weighted by molar-refractivity contribution is -0.138. The molecule has 2 aromatic heterocycles. The summed E-state index contributed by atoms with van der Waals surface area (Å²) in [7, 11) is 0. The predicted molar refractivity (Wildman–Crippen MR) is 103 cm³/mol. The summed E-state index contributed by atoms with van der Waals surface area (Å²) in [5, 5.41) is 5.92. The van der Waals surface area contributed by atoms with Crippen molar-refractivity contribution in [3.8, 4) is 10.6 Å². The number of nitrogens with zero attached hydrogens (tertiary/aromatic N) is 3. The average molecular weight is 388 g/mol. The Balaban J connectivity index is 1.40. The second-order valence-electron chi connectivity index (χ2n) is 7.65. The van der Waals surface area contributed by atoms with Gasteiger partial charge in [-0.2, -0.15) is 0 Å². The van der Waals surface area contributed by atoms with Gasteiger partial charge in [-0.1, -0.05) is 18.1 Å².